The summed E-state index contributed by atoms with van der Waals surface area (Å²) >= 11 is 0. The van der Waals surface area contributed by atoms with Crippen LogP contribution < -0.4 is 0 Å². The van der Waals surface area contributed by atoms with Crippen LogP contribution in [0.15, 0.2) is 24.3 Å². The van der Waals surface area contributed by atoms with E-state index < -0.39 is 0 Å². The summed E-state index contributed by atoms with van der Waals surface area (Å²) < 4.78 is 21.1. The molecule has 0 unspecified atom stereocenters. The molecule has 0 atom stereocenters. The molecule has 0 spiro atoms. The number of aromatic nitrogens is 1. The highest BCUT2D eigenvalue weighted by Crippen LogP contribution is 2.26. The van der Waals surface area contributed by atoms with Crippen LogP contribution in [0.2, 0.25) is 0 Å². The summed E-state index contributed by atoms with van der Waals surface area (Å²) in [4.78, 5) is 2.40. The van der Waals surface area contributed by atoms with Gasteiger partial charge in [0.2, 0.25) is 0 Å². The van der Waals surface area contributed by atoms with Gasteiger partial charge in [0.25, 0.3) is 0 Å². The third-order valence-corrected chi connectivity index (χ3v) is 3.89. The number of ether oxygens (including phenoxy) is 1. The maximum absolute atomic E-state index is 13.5. The zero-order valence-corrected chi connectivity index (χ0v) is 12.1. The Bertz CT molecular complexity index is 600. The Morgan fingerprint density at radius 3 is 2.65 bits per heavy atom. The molecular weight excluding hydrogens is 255 g/mol. The molecule has 0 N–H and O–H groups in total. The molecule has 3 rings (SSSR count). The zero-order chi connectivity index (χ0) is 14.1. The van der Waals surface area contributed by atoms with Crippen molar-refractivity contribution in [3.8, 4) is 0 Å². The largest absolute Gasteiger partial charge is 0.379 e. The van der Waals surface area contributed by atoms with Gasteiger partial charge in [-0.15, -0.1) is 0 Å². The third kappa shape index (κ3) is 2.58. The zero-order valence-electron chi connectivity index (χ0n) is 12.1. The van der Waals surface area contributed by atoms with Gasteiger partial charge >= 0.3 is 0 Å². The van der Waals surface area contributed by atoms with Crippen molar-refractivity contribution in [3.63, 3.8) is 0 Å². The lowest BCUT2D eigenvalue weighted by atomic mass is 10.2. The van der Waals surface area contributed by atoms with Crippen molar-refractivity contribution < 1.29 is 9.13 Å². The van der Waals surface area contributed by atoms with E-state index in [4.69, 9.17) is 4.74 Å². The maximum atomic E-state index is 13.5. The van der Waals surface area contributed by atoms with E-state index >= 15 is 0 Å². The number of rotatable bonds is 3. The van der Waals surface area contributed by atoms with Crippen LogP contribution in [-0.2, 0) is 11.3 Å². The van der Waals surface area contributed by atoms with Gasteiger partial charge in [-0.05, 0) is 38.1 Å². The number of nitrogens with zero attached hydrogens (tertiary/aromatic N) is 2. The van der Waals surface area contributed by atoms with Crippen LogP contribution in [0.25, 0.3) is 10.9 Å². The SMILES string of the molecule is CC(C)n1c(CN2CCOCC2)cc2ccc(F)cc21. The number of hydrogen-bond donors (Lipinski definition) is 0. The molecule has 20 heavy (non-hydrogen) atoms. The first-order valence-electron chi connectivity index (χ1n) is 7.24. The van der Waals surface area contributed by atoms with E-state index in [0.717, 1.165) is 43.8 Å². The van der Waals surface area contributed by atoms with E-state index in [1.807, 2.05) is 6.07 Å². The van der Waals surface area contributed by atoms with Gasteiger partial charge in [0.05, 0.1) is 18.7 Å². The van der Waals surface area contributed by atoms with Crippen molar-refractivity contribution >= 4 is 10.9 Å². The second-order valence-corrected chi connectivity index (χ2v) is 5.69. The summed E-state index contributed by atoms with van der Waals surface area (Å²) in [5.41, 5.74) is 2.24. The highest BCUT2D eigenvalue weighted by molar-refractivity contribution is 5.81. The Morgan fingerprint density at radius 2 is 1.95 bits per heavy atom. The Balaban J connectivity index is 1.98. The first-order chi connectivity index (χ1) is 9.65. The predicted octanol–water partition coefficient (Wildman–Crippen LogP) is 3.19. The van der Waals surface area contributed by atoms with Crippen LogP contribution in [0.4, 0.5) is 4.39 Å². The topological polar surface area (TPSA) is 17.4 Å². The van der Waals surface area contributed by atoms with E-state index in [1.54, 1.807) is 6.07 Å². The van der Waals surface area contributed by atoms with Gasteiger partial charge in [-0.2, -0.15) is 0 Å². The molecule has 3 nitrogen and oxygen atoms in total. The van der Waals surface area contributed by atoms with Crippen LogP contribution in [0.3, 0.4) is 0 Å². The molecule has 108 valence electrons. The van der Waals surface area contributed by atoms with Gasteiger partial charge in [0.1, 0.15) is 5.82 Å². The van der Waals surface area contributed by atoms with Crippen LogP contribution in [0.5, 0.6) is 0 Å². The van der Waals surface area contributed by atoms with Crippen molar-refractivity contribution in [2.45, 2.75) is 26.4 Å². The fourth-order valence-corrected chi connectivity index (χ4v) is 2.97. The molecule has 0 amide bonds. The second kappa shape index (κ2) is 5.54. The fraction of sp³-hybridized carbons (Fsp3) is 0.500. The van der Waals surface area contributed by atoms with E-state index in [1.165, 1.54) is 11.8 Å². The highest BCUT2D eigenvalue weighted by Gasteiger charge is 2.16. The summed E-state index contributed by atoms with van der Waals surface area (Å²) in [6.07, 6.45) is 0. The number of morpholine rings is 1. The molecule has 0 aliphatic carbocycles. The number of halogens is 1. The van der Waals surface area contributed by atoms with Crippen molar-refractivity contribution in [2.24, 2.45) is 0 Å². The molecule has 0 bridgehead atoms. The minimum Gasteiger partial charge on any atom is -0.379 e. The number of benzene rings is 1. The Kier molecular flexibility index (Phi) is 3.76. The summed E-state index contributed by atoms with van der Waals surface area (Å²) in [5, 5.41) is 1.11. The molecule has 0 saturated carbocycles. The minimum absolute atomic E-state index is 0.171. The molecule has 1 aromatic heterocycles. The van der Waals surface area contributed by atoms with Crippen LogP contribution in [-0.4, -0.2) is 35.8 Å². The molecule has 1 fully saturated rings. The van der Waals surface area contributed by atoms with Crippen molar-refractivity contribution in [2.75, 3.05) is 26.3 Å². The monoisotopic (exact) mass is 276 g/mol. The molecule has 0 radical (unpaired) electrons. The van der Waals surface area contributed by atoms with Gasteiger partial charge in [-0.1, -0.05) is 0 Å². The summed E-state index contributed by atoms with van der Waals surface area (Å²) in [5.74, 6) is -0.171. The van der Waals surface area contributed by atoms with Gasteiger partial charge in [0.15, 0.2) is 0 Å². The first kappa shape index (κ1) is 13.6. The molecular formula is C16H21FN2O. The van der Waals surface area contributed by atoms with E-state index in [-0.39, 0.29) is 5.82 Å². The lowest BCUT2D eigenvalue weighted by Crippen LogP contribution is -2.36. The molecule has 1 aromatic carbocycles. The van der Waals surface area contributed by atoms with Crippen LogP contribution >= 0.6 is 0 Å². The maximum Gasteiger partial charge on any atom is 0.125 e. The number of fused-ring (bicyclic) bond motifs is 1. The summed E-state index contributed by atoms with van der Waals surface area (Å²) in [6, 6.07) is 7.55. The normalized spacial score (nSPS) is 17.2. The number of hydrogen-bond acceptors (Lipinski definition) is 2. The Labute approximate surface area is 118 Å². The summed E-state index contributed by atoms with van der Waals surface area (Å²) in [6.45, 7) is 8.73. The third-order valence-electron chi connectivity index (χ3n) is 3.89. The lowest BCUT2D eigenvalue weighted by Gasteiger charge is -2.27. The van der Waals surface area contributed by atoms with Crippen molar-refractivity contribution in [1.82, 2.24) is 9.47 Å². The standard InChI is InChI=1S/C16H21FN2O/c1-12(2)19-15(11-18-5-7-20-8-6-18)9-13-3-4-14(17)10-16(13)19/h3-4,9-10,12H,5-8,11H2,1-2H3. The van der Waals surface area contributed by atoms with Gasteiger partial charge in [-0.25, -0.2) is 4.39 Å². The van der Waals surface area contributed by atoms with E-state index in [0.29, 0.717) is 6.04 Å². The van der Waals surface area contributed by atoms with Crippen molar-refractivity contribution in [1.29, 1.82) is 0 Å². The Hall–Kier alpha value is -1.39. The molecule has 2 aromatic rings. The Morgan fingerprint density at radius 1 is 1.20 bits per heavy atom. The average molecular weight is 276 g/mol. The van der Waals surface area contributed by atoms with E-state index in [2.05, 4.69) is 29.4 Å². The summed E-state index contributed by atoms with van der Waals surface area (Å²) in [7, 11) is 0. The molecule has 1 aliphatic rings. The predicted molar refractivity (Wildman–Crippen MR) is 78.4 cm³/mol. The molecule has 1 aliphatic heterocycles. The van der Waals surface area contributed by atoms with Gasteiger partial charge in [-0.3, -0.25) is 4.90 Å². The smallest absolute Gasteiger partial charge is 0.125 e. The lowest BCUT2D eigenvalue weighted by molar-refractivity contribution is 0.0331. The average Bonchev–Trinajstić information content (AvgIpc) is 2.77. The second-order valence-electron chi connectivity index (χ2n) is 5.69. The quantitative estimate of drug-likeness (QED) is 0.856. The van der Waals surface area contributed by atoms with Gasteiger partial charge < -0.3 is 9.30 Å². The highest BCUT2D eigenvalue weighted by atomic mass is 19.1. The van der Waals surface area contributed by atoms with Gasteiger partial charge in [0, 0.05) is 36.8 Å². The minimum atomic E-state index is -0.171. The molecule has 1 saturated heterocycles. The van der Waals surface area contributed by atoms with E-state index in [9.17, 15) is 4.39 Å². The van der Waals surface area contributed by atoms with Crippen molar-refractivity contribution in [3.05, 3.63) is 35.8 Å². The first-order valence-corrected chi connectivity index (χ1v) is 7.24. The fourth-order valence-electron chi connectivity index (χ4n) is 2.97. The van der Waals surface area contributed by atoms with Crippen LogP contribution in [0.1, 0.15) is 25.6 Å². The molecule has 2 heterocycles. The van der Waals surface area contributed by atoms with Crippen LogP contribution in [0, 0.1) is 5.82 Å². The molecule has 4 heteroatoms.